The van der Waals surface area contributed by atoms with Crippen LogP contribution in [0.4, 0.5) is 11.4 Å². The second kappa shape index (κ2) is 6.52. The van der Waals surface area contributed by atoms with Gasteiger partial charge in [0.25, 0.3) is 0 Å². The number of benzene rings is 2. The van der Waals surface area contributed by atoms with Crippen molar-refractivity contribution >= 4 is 11.4 Å². The fourth-order valence-corrected chi connectivity index (χ4v) is 2.82. The number of anilines is 2. The minimum Gasteiger partial charge on any atom is -0.399 e. The molecular weight excluding hydrogens is 268 g/mol. The maximum absolute atomic E-state index is 5.73. The van der Waals surface area contributed by atoms with Gasteiger partial charge < -0.3 is 11.5 Å². The molecule has 4 N–H and O–H groups in total. The van der Waals surface area contributed by atoms with Gasteiger partial charge in [-0.15, -0.1) is 0 Å². The van der Waals surface area contributed by atoms with Gasteiger partial charge in [-0.2, -0.15) is 0 Å². The lowest BCUT2D eigenvalue weighted by Gasteiger charge is -2.16. The summed E-state index contributed by atoms with van der Waals surface area (Å²) < 4.78 is 0. The van der Waals surface area contributed by atoms with Crippen molar-refractivity contribution < 1.29 is 0 Å². The number of rotatable bonds is 4. The van der Waals surface area contributed by atoms with Crippen molar-refractivity contribution in [3.8, 4) is 0 Å². The molecule has 1 aliphatic rings. The molecule has 0 fully saturated rings. The van der Waals surface area contributed by atoms with Crippen molar-refractivity contribution in [2.45, 2.75) is 19.3 Å². The first-order valence-electron chi connectivity index (χ1n) is 7.75. The molecule has 2 heteroatoms. The lowest BCUT2D eigenvalue weighted by Crippen LogP contribution is -2.05. The van der Waals surface area contributed by atoms with Gasteiger partial charge in [0.15, 0.2) is 0 Å². The molecule has 1 atom stereocenters. The van der Waals surface area contributed by atoms with Gasteiger partial charge in [-0.05, 0) is 66.1 Å². The smallest absolute Gasteiger partial charge is 0.0314 e. The van der Waals surface area contributed by atoms with Crippen molar-refractivity contribution in [3.05, 3.63) is 83.5 Å². The lowest BCUT2D eigenvalue weighted by atomic mass is 9.89. The third-order valence-corrected chi connectivity index (χ3v) is 4.13. The number of hydrogen-bond donors (Lipinski definition) is 2. The zero-order valence-corrected chi connectivity index (χ0v) is 12.7. The highest BCUT2D eigenvalue weighted by atomic mass is 14.5. The molecule has 0 aromatic heterocycles. The van der Waals surface area contributed by atoms with Crippen molar-refractivity contribution in [1.82, 2.24) is 0 Å². The van der Waals surface area contributed by atoms with Crippen molar-refractivity contribution in [2.75, 3.05) is 11.5 Å². The van der Waals surface area contributed by atoms with E-state index in [1.165, 1.54) is 16.7 Å². The number of nitrogen functional groups attached to an aromatic ring is 2. The molecule has 0 saturated carbocycles. The molecule has 2 aromatic rings. The van der Waals surface area contributed by atoms with Crippen LogP contribution in [0.15, 0.2) is 72.3 Å². The fourth-order valence-electron chi connectivity index (χ4n) is 2.82. The second-order valence-electron chi connectivity index (χ2n) is 6.00. The van der Waals surface area contributed by atoms with Crippen LogP contribution in [-0.2, 0) is 12.8 Å². The molecule has 2 nitrogen and oxygen atoms in total. The maximum atomic E-state index is 5.73. The zero-order chi connectivity index (χ0) is 15.4. The third kappa shape index (κ3) is 3.79. The highest BCUT2D eigenvalue weighted by Crippen LogP contribution is 2.23. The summed E-state index contributed by atoms with van der Waals surface area (Å²) >= 11 is 0. The van der Waals surface area contributed by atoms with Crippen molar-refractivity contribution in [3.63, 3.8) is 0 Å². The maximum Gasteiger partial charge on any atom is 0.0314 e. The Hall–Kier alpha value is -2.48. The predicted octanol–water partition coefficient (Wildman–Crippen LogP) is 4.14. The monoisotopic (exact) mass is 290 g/mol. The van der Waals surface area contributed by atoms with Crippen LogP contribution in [0.3, 0.4) is 0 Å². The van der Waals surface area contributed by atoms with E-state index in [0.29, 0.717) is 5.92 Å². The number of hydrogen-bond acceptors (Lipinski definition) is 2. The van der Waals surface area contributed by atoms with E-state index in [-0.39, 0.29) is 0 Å². The molecule has 0 aliphatic heterocycles. The Morgan fingerprint density at radius 1 is 0.818 bits per heavy atom. The first kappa shape index (κ1) is 14.5. The number of nitrogens with two attached hydrogens (primary N) is 2. The van der Waals surface area contributed by atoms with E-state index in [2.05, 4.69) is 42.5 Å². The van der Waals surface area contributed by atoms with E-state index in [1.54, 1.807) is 0 Å². The Bertz CT molecular complexity index is 679. The zero-order valence-electron chi connectivity index (χ0n) is 12.7. The summed E-state index contributed by atoms with van der Waals surface area (Å²) in [6.45, 7) is 0. The van der Waals surface area contributed by atoms with E-state index in [1.807, 2.05) is 24.3 Å². The highest BCUT2D eigenvalue weighted by Gasteiger charge is 2.10. The largest absolute Gasteiger partial charge is 0.399 e. The molecule has 0 radical (unpaired) electrons. The normalized spacial score (nSPS) is 17.3. The molecule has 0 spiro atoms. The molecule has 3 rings (SSSR count). The molecule has 2 aromatic carbocycles. The average molecular weight is 290 g/mol. The third-order valence-electron chi connectivity index (χ3n) is 4.13. The quantitative estimate of drug-likeness (QED) is 0.831. The lowest BCUT2D eigenvalue weighted by molar-refractivity contribution is 0.648. The Kier molecular flexibility index (Phi) is 4.29. The van der Waals surface area contributed by atoms with Crippen LogP contribution in [0.25, 0.3) is 0 Å². The van der Waals surface area contributed by atoms with E-state index >= 15 is 0 Å². The van der Waals surface area contributed by atoms with Crippen LogP contribution in [0, 0.1) is 5.92 Å². The molecule has 1 aliphatic carbocycles. The van der Waals surface area contributed by atoms with E-state index < -0.39 is 0 Å². The van der Waals surface area contributed by atoms with Crippen LogP contribution >= 0.6 is 0 Å². The summed E-state index contributed by atoms with van der Waals surface area (Å²) in [6.07, 6.45) is 10.1. The van der Waals surface area contributed by atoms with Gasteiger partial charge in [-0.1, -0.05) is 42.5 Å². The van der Waals surface area contributed by atoms with Crippen LogP contribution < -0.4 is 11.5 Å². The predicted molar refractivity (Wildman–Crippen MR) is 94.4 cm³/mol. The molecule has 112 valence electrons. The summed E-state index contributed by atoms with van der Waals surface area (Å²) in [5, 5.41) is 0. The first-order chi connectivity index (χ1) is 10.7. The van der Waals surface area contributed by atoms with Crippen LogP contribution in [0.5, 0.6) is 0 Å². The molecule has 0 saturated heterocycles. The van der Waals surface area contributed by atoms with Gasteiger partial charge in [-0.3, -0.25) is 0 Å². The molecular formula is C20H22N2. The Morgan fingerprint density at radius 2 is 1.41 bits per heavy atom. The van der Waals surface area contributed by atoms with Crippen molar-refractivity contribution in [1.29, 1.82) is 0 Å². The Labute approximate surface area is 132 Å². The summed E-state index contributed by atoms with van der Waals surface area (Å²) in [5.41, 5.74) is 17.1. The van der Waals surface area contributed by atoms with Gasteiger partial charge in [0, 0.05) is 11.4 Å². The van der Waals surface area contributed by atoms with Crippen LogP contribution in [0.2, 0.25) is 0 Å². The average Bonchev–Trinajstić information content (AvgIpc) is 2.54. The molecule has 0 bridgehead atoms. The highest BCUT2D eigenvalue weighted by molar-refractivity contribution is 5.42. The topological polar surface area (TPSA) is 52.0 Å². The second-order valence-corrected chi connectivity index (χ2v) is 6.00. The van der Waals surface area contributed by atoms with Gasteiger partial charge in [0.1, 0.15) is 0 Å². The Morgan fingerprint density at radius 3 is 1.95 bits per heavy atom. The summed E-state index contributed by atoms with van der Waals surface area (Å²) in [6, 6.07) is 16.3. The summed E-state index contributed by atoms with van der Waals surface area (Å²) in [4.78, 5) is 0. The van der Waals surface area contributed by atoms with E-state index in [4.69, 9.17) is 11.5 Å². The standard InChI is InChI=1S/C20H22N2/c21-19-9-5-17(6-10-19)13-15-1-2-16(4-3-15)14-18-7-11-20(22)12-8-18/h1-3,5-12,16H,4,13-14,21-22H2. The van der Waals surface area contributed by atoms with E-state index in [9.17, 15) is 0 Å². The molecule has 0 amide bonds. The van der Waals surface area contributed by atoms with Gasteiger partial charge in [-0.25, -0.2) is 0 Å². The van der Waals surface area contributed by atoms with Gasteiger partial charge >= 0.3 is 0 Å². The molecule has 22 heavy (non-hydrogen) atoms. The Balaban J connectivity index is 1.57. The molecule has 1 unspecified atom stereocenters. The summed E-state index contributed by atoms with van der Waals surface area (Å²) in [5.74, 6) is 0.582. The van der Waals surface area contributed by atoms with Crippen LogP contribution in [-0.4, -0.2) is 0 Å². The van der Waals surface area contributed by atoms with Gasteiger partial charge in [0.05, 0.1) is 0 Å². The van der Waals surface area contributed by atoms with Gasteiger partial charge in [0.2, 0.25) is 0 Å². The minimum atomic E-state index is 0.582. The first-order valence-corrected chi connectivity index (χ1v) is 7.75. The van der Waals surface area contributed by atoms with E-state index in [0.717, 1.165) is 30.6 Å². The fraction of sp³-hybridized carbons (Fsp3) is 0.200. The van der Waals surface area contributed by atoms with Crippen LogP contribution in [0.1, 0.15) is 17.5 Å². The van der Waals surface area contributed by atoms with Crippen molar-refractivity contribution in [2.24, 2.45) is 5.92 Å². The summed E-state index contributed by atoms with van der Waals surface area (Å²) in [7, 11) is 0. The molecule has 0 heterocycles. The SMILES string of the molecule is Nc1ccc(CC2=CCC(Cc3ccc(N)cc3)C=C2)cc1. The minimum absolute atomic E-state index is 0.582. The number of allylic oxidation sites excluding steroid dienone is 4.